The fourth-order valence-electron chi connectivity index (χ4n) is 5.29. The van der Waals surface area contributed by atoms with Gasteiger partial charge in [-0.15, -0.1) is 0 Å². The highest BCUT2D eigenvalue weighted by Crippen LogP contribution is 2.41. The molecule has 2 aromatic heterocycles. The lowest BCUT2D eigenvalue weighted by molar-refractivity contribution is -0.143. The number of carbonyl (C=O) groups is 1. The molecule has 0 saturated carbocycles. The first kappa shape index (κ1) is 35.6. The second-order valence-corrected chi connectivity index (χ2v) is 10.7. The summed E-state index contributed by atoms with van der Waals surface area (Å²) in [5.74, 6) is 0.0786. The number of anilines is 2. The van der Waals surface area contributed by atoms with E-state index in [1.807, 2.05) is 6.92 Å². The maximum absolute atomic E-state index is 13.6. The molecular formula is C30H33F6N5O6. The van der Waals surface area contributed by atoms with E-state index in [4.69, 9.17) is 9.47 Å². The van der Waals surface area contributed by atoms with Gasteiger partial charge in [-0.2, -0.15) is 26.3 Å². The van der Waals surface area contributed by atoms with E-state index in [0.717, 1.165) is 6.20 Å². The normalized spacial score (nSPS) is 17.9. The van der Waals surface area contributed by atoms with Crippen LogP contribution in [0.5, 0.6) is 5.88 Å². The van der Waals surface area contributed by atoms with Crippen molar-refractivity contribution in [1.29, 1.82) is 0 Å². The molecule has 1 aliphatic heterocycles. The summed E-state index contributed by atoms with van der Waals surface area (Å²) in [5, 5.41) is 33.2. The average Bonchev–Trinajstić information content (AvgIpc) is 3.02. The first-order chi connectivity index (χ1) is 22.1. The number of alkyl halides is 6. The van der Waals surface area contributed by atoms with E-state index in [0.29, 0.717) is 29.9 Å². The van der Waals surface area contributed by atoms with Crippen molar-refractivity contribution in [1.82, 2.24) is 15.0 Å². The molecule has 17 heteroatoms. The number of halogens is 6. The molecule has 0 spiro atoms. The number of nitrogens with zero attached hydrogens (tertiary/aromatic N) is 4. The Hall–Kier alpha value is -4.22. The van der Waals surface area contributed by atoms with E-state index in [9.17, 15) is 46.5 Å². The summed E-state index contributed by atoms with van der Waals surface area (Å²) in [6, 6.07) is 3.18. The minimum atomic E-state index is -5.10. The number of amides is 1. The molecule has 1 aromatic carbocycles. The number of hydrogen-bond acceptors (Lipinski definition) is 10. The fourth-order valence-corrected chi connectivity index (χ4v) is 5.29. The lowest BCUT2D eigenvalue weighted by Crippen LogP contribution is -2.46. The van der Waals surface area contributed by atoms with E-state index in [1.54, 1.807) is 19.1 Å². The van der Waals surface area contributed by atoms with Gasteiger partial charge in [0.25, 0.3) is 0 Å². The zero-order chi connectivity index (χ0) is 34.7. The van der Waals surface area contributed by atoms with Crippen molar-refractivity contribution in [3.8, 4) is 5.88 Å². The van der Waals surface area contributed by atoms with Gasteiger partial charge in [0, 0.05) is 30.3 Å². The third kappa shape index (κ3) is 8.02. The Kier molecular flexibility index (Phi) is 10.8. The van der Waals surface area contributed by atoms with E-state index < -0.39 is 66.4 Å². The van der Waals surface area contributed by atoms with Crippen LogP contribution in [0, 0.1) is 0 Å². The summed E-state index contributed by atoms with van der Waals surface area (Å²) in [7, 11) is 1.40. The number of benzene rings is 1. The summed E-state index contributed by atoms with van der Waals surface area (Å²) in [6.45, 7) is 2.74. The van der Waals surface area contributed by atoms with Gasteiger partial charge in [0.05, 0.1) is 54.6 Å². The largest absolute Gasteiger partial charge is 0.481 e. The molecule has 1 amide bonds. The summed E-state index contributed by atoms with van der Waals surface area (Å²) < 4.78 is 91.9. The lowest BCUT2D eigenvalue weighted by Gasteiger charge is -2.39. The monoisotopic (exact) mass is 673 g/mol. The molecule has 0 fully saturated rings. The topological polar surface area (TPSA) is 150 Å². The molecule has 4 atom stereocenters. The number of carbonyl (C=O) groups excluding carboxylic acids is 1. The minimum Gasteiger partial charge on any atom is -0.481 e. The number of hydrogen-bond donors (Lipinski definition) is 4. The average molecular weight is 674 g/mol. The number of fused-ring (bicyclic) bond motifs is 1. The van der Waals surface area contributed by atoms with Gasteiger partial charge in [-0.25, -0.2) is 19.7 Å². The van der Waals surface area contributed by atoms with Gasteiger partial charge in [0.1, 0.15) is 12.2 Å². The number of methoxy groups -OCH3 is 1. The first-order valence-electron chi connectivity index (χ1n) is 14.5. The second-order valence-electron chi connectivity index (χ2n) is 10.7. The summed E-state index contributed by atoms with van der Waals surface area (Å²) in [6.07, 6.45) is -13.2. The van der Waals surface area contributed by atoms with E-state index in [1.165, 1.54) is 12.0 Å². The van der Waals surface area contributed by atoms with Crippen LogP contribution in [0.4, 0.5) is 42.8 Å². The molecule has 0 aliphatic carbocycles. The van der Waals surface area contributed by atoms with Crippen molar-refractivity contribution in [3.63, 3.8) is 0 Å². The summed E-state index contributed by atoms with van der Waals surface area (Å²) >= 11 is 0. The van der Waals surface area contributed by atoms with Gasteiger partial charge in [-0.05, 0) is 49.6 Å². The van der Waals surface area contributed by atoms with Crippen molar-refractivity contribution in [2.45, 2.75) is 69.8 Å². The molecule has 2 unspecified atom stereocenters. The third-order valence-electron chi connectivity index (χ3n) is 7.58. The highest BCUT2D eigenvalue weighted by atomic mass is 19.4. The Labute approximate surface area is 265 Å². The smallest absolute Gasteiger partial charge is 0.416 e. The molecule has 4 N–H and O–H groups in total. The summed E-state index contributed by atoms with van der Waals surface area (Å²) in [4.78, 5) is 27.4. The lowest BCUT2D eigenvalue weighted by atomic mass is 9.93. The standard InChI is InChI=1S/C30H33F6N5O6/c1-4-18-12-21(25-22(6-7-24(40-25)46-3)41(18)28(45)47-5-2)39-27-37-13-19(26(44)23(43)14-42)20(38-27)10-15-8-16(29(31,32)33)11-17(9-15)30(34,35)36/h6-9,11,13,18,21,23,26,42-44H,4-5,10,12,14H2,1-3H3,(H,37,38,39)/t18-,21+,23?,26?/m1/s1. The van der Waals surface area contributed by atoms with Crippen molar-refractivity contribution in [3.05, 3.63) is 70.2 Å². The van der Waals surface area contributed by atoms with Crippen LogP contribution in [-0.4, -0.2) is 68.8 Å². The van der Waals surface area contributed by atoms with E-state index >= 15 is 0 Å². The van der Waals surface area contributed by atoms with Crippen LogP contribution in [0.1, 0.15) is 72.5 Å². The van der Waals surface area contributed by atoms with Crippen molar-refractivity contribution in [2.75, 3.05) is 30.5 Å². The molecule has 11 nitrogen and oxygen atoms in total. The maximum atomic E-state index is 13.6. The van der Waals surface area contributed by atoms with Gasteiger partial charge in [0.2, 0.25) is 11.8 Å². The van der Waals surface area contributed by atoms with Crippen molar-refractivity contribution < 1.29 is 55.9 Å². The minimum absolute atomic E-state index is 0.00669. The molecule has 1 aliphatic rings. The zero-order valence-corrected chi connectivity index (χ0v) is 25.4. The number of aliphatic hydroxyl groups excluding tert-OH is 3. The highest BCUT2D eigenvalue weighted by Gasteiger charge is 2.39. The molecule has 47 heavy (non-hydrogen) atoms. The maximum Gasteiger partial charge on any atom is 0.416 e. The predicted octanol–water partition coefficient (Wildman–Crippen LogP) is 5.19. The second kappa shape index (κ2) is 14.3. The molecule has 4 rings (SSSR count). The van der Waals surface area contributed by atoms with Crippen LogP contribution < -0.4 is 15.0 Å². The molecule has 0 saturated heterocycles. The van der Waals surface area contributed by atoms with Gasteiger partial charge in [0.15, 0.2) is 0 Å². The molecule has 0 bridgehead atoms. The number of pyridine rings is 1. The third-order valence-corrected chi connectivity index (χ3v) is 7.58. The number of nitrogens with one attached hydrogen (secondary N) is 1. The Balaban J connectivity index is 1.80. The molecule has 256 valence electrons. The van der Waals surface area contributed by atoms with Crippen LogP contribution in [-0.2, 0) is 23.5 Å². The molecule has 0 radical (unpaired) electrons. The van der Waals surface area contributed by atoms with Crippen LogP contribution >= 0.6 is 0 Å². The van der Waals surface area contributed by atoms with E-state index in [2.05, 4.69) is 20.3 Å². The fraction of sp³-hybridized carbons (Fsp3) is 0.467. The van der Waals surface area contributed by atoms with Gasteiger partial charge in [-0.1, -0.05) is 6.92 Å². The van der Waals surface area contributed by atoms with Crippen LogP contribution in [0.25, 0.3) is 0 Å². The Bertz CT molecular complexity index is 1540. The van der Waals surface area contributed by atoms with Crippen molar-refractivity contribution >= 4 is 17.7 Å². The quantitative estimate of drug-likeness (QED) is 0.212. The zero-order valence-electron chi connectivity index (χ0n) is 25.4. The van der Waals surface area contributed by atoms with Crippen LogP contribution in [0.3, 0.4) is 0 Å². The van der Waals surface area contributed by atoms with Crippen LogP contribution in [0.2, 0.25) is 0 Å². The Morgan fingerprint density at radius 1 is 1.06 bits per heavy atom. The van der Waals surface area contributed by atoms with Crippen LogP contribution in [0.15, 0.2) is 36.5 Å². The van der Waals surface area contributed by atoms with Gasteiger partial charge >= 0.3 is 18.4 Å². The molecule has 3 heterocycles. The van der Waals surface area contributed by atoms with Crippen molar-refractivity contribution in [2.24, 2.45) is 0 Å². The predicted molar refractivity (Wildman–Crippen MR) is 155 cm³/mol. The number of aromatic nitrogens is 3. The SMILES string of the molecule is CCOC(=O)N1c2ccc(OC)nc2[C@@H](Nc2ncc(C(O)C(O)CO)c(Cc3cc(C(F)(F)F)cc(C(F)(F)F)c3)n2)C[C@H]1CC. The Morgan fingerprint density at radius 2 is 1.72 bits per heavy atom. The summed E-state index contributed by atoms with van der Waals surface area (Å²) in [5.41, 5.74) is -3.21. The molecular weight excluding hydrogens is 640 g/mol. The number of aliphatic hydroxyl groups is 3. The van der Waals surface area contributed by atoms with Gasteiger partial charge < -0.3 is 30.1 Å². The van der Waals surface area contributed by atoms with E-state index in [-0.39, 0.29) is 48.2 Å². The number of ether oxygens (including phenoxy) is 2. The first-order valence-corrected chi connectivity index (χ1v) is 14.5. The Morgan fingerprint density at radius 3 is 2.28 bits per heavy atom. The van der Waals surface area contributed by atoms with Gasteiger partial charge in [-0.3, -0.25) is 4.90 Å². The number of rotatable bonds is 10. The highest BCUT2D eigenvalue weighted by molar-refractivity contribution is 5.90. The molecule has 3 aromatic rings.